The Bertz CT molecular complexity index is 971. The van der Waals surface area contributed by atoms with E-state index < -0.39 is 11.7 Å². The average molecular weight is 363 g/mol. The van der Waals surface area contributed by atoms with E-state index >= 15 is 0 Å². The lowest BCUT2D eigenvalue weighted by atomic mass is 10.1. The number of amides is 2. The molecule has 5 nitrogen and oxygen atoms in total. The van der Waals surface area contributed by atoms with Crippen molar-refractivity contribution >= 4 is 23.2 Å². The number of hydrogen-bond donors (Lipinski definition) is 2. The van der Waals surface area contributed by atoms with Crippen LogP contribution in [0.2, 0.25) is 0 Å². The SMILES string of the molecule is CCc1ccc(NC(=O)c2ccnc(C(=O)Nc3ccccc3F)c2)cc1. The van der Waals surface area contributed by atoms with Crippen LogP contribution in [0.4, 0.5) is 15.8 Å². The second-order valence-electron chi connectivity index (χ2n) is 5.87. The number of halogens is 1. The maximum atomic E-state index is 13.7. The molecule has 2 N–H and O–H groups in total. The number of aryl methyl sites for hydroxylation is 1. The number of anilines is 2. The Kier molecular flexibility index (Phi) is 5.56. The molecule has 1 aromatic heterocycles. The first-order valence-corrected chi connectivity index (χ1v) is 8.49. The van der Waals surface area contributed by atoms with Gasteiger partial charge in [-0.3, -0.25) is 14.6 Å². The molecule has 6 heteroatoms. The molecule has 0 radical (unpaired) electrons. The Hall–Kier alpha value is -3.54. The molecule has 2 aromatic carbocycles. The minimum absolute atomic E-state index is 0.0206. The average Bonchev–Trinajstić information content (AvgIpc) is 2.70. The number of nitrogens with zero attached hydrogens (tertiary/aromatic N) is 1. The fourth-order valence-electron chi connectivity index (χ4n) is 2.47. The molecule has 0 aliphatic rings. The number of nitrogens with one attached hydrogen (secondary N) is 2. The standard InChI is InChI=1S/C21H18FN3O2/c1-2-14-7-9-16(10-8-14)24-20(26)15-11-12-23-19(13-15)21(27)25-18-6-4-3-5-17(18)22/h3-13H,2H2,1H3,(H,24,26)(H,25,27). The maximum absolute atomic E-state index is 13.7. The lowest BCUT2D eigenvalue weighted by Crippen LogP contribution is -2.17. The van der Waals surface area contributed by atoms with E-state index in [4.69, 9.17) is 0 Å². The molecule has 0 fully saturated rings. The zero-order valence-electron chi connectivity index (χ0n) is 14.7. The van der Waals surface area contributed by atoms with Crippen molar-refractivity contribution < 1.29 is 14.0 Å². The summed E-state index contributed by atoms with van der Waals surface area (Å²) >= 11 is 0. The van der Waals surface area contributed by atoms with Crippen molar-refractivity contribution in [3.05, 3.63) is 89.5 Å². The van der Waals surface area contributed by atoms with Crippen LogP contribution in [0.15, 0.2) is 66.9 Å². The van der Waals surface area contributed by atoms with Crippen molar-refractivity contribution in [2.45, 2.75) is 13.3 Å². The monoisotopic (exact) mass is 363 g/mol. The highest BCUT2D eigenvalue weighted by atomic mass is 19.1. The molecule has 1 heterocycles. The molecule has 0 aliphatic heterocycles. The Labute approximate surface area is 156 Å². The molecule has 0 spiro atoms. The summed E-state index contributed by atoms with van der Waals surface area (Å²) in [6.45, 7) is 2.05. The summed E-state index contributed by atoms with van der Waals surface area (Å²) in [6.07, 6.45) is 2.28. The summed E-state index contributed by atoms with van der Waals surface area (Å²) in [7, 11) is 0. The van der Waals surface area contributed by atoms with E-state index in [1.165, 1.54) is 42.1 Å². The second kappa shape index (κ2) is 8.23. The summed E-state index contributed by atoms with van der Waals surface area (Å²) < 4.78 is 13.7. The summed E-state index contributed by atoms with van der Waals surface area (Å²) in [5.74, 6) is -1.50. The van der Waals surface area contributed by atoms with Crippen LogP contribution in [0.25, 0.3) is 0 Å². The van der Waals surface area contributed by atoms with Crippen molar-refractivity contribution in [1.82, 2.24) is 4.98 Å². The lowest BCUT2D eigenvalue weighted by Gasteiger charge is -2.08. The first-order valence-electron chi connectivity index (χ1n) is 8.49. The first-order chi connectivity index (χ1) is 13.1. The van der Waals surface area contributed by atoms with Crippen molar-refractivity contribution in [2.24, 2.45) is 0 Å². The van der Waals surface area contributed by atoms with E-state index in [1.54, 1.807) is 6.07 Å². The Morgan fingerprint density at radius 1 is 0.963 bits per heavy atom. The van der Waals surface area contributed by atoms with E-state index in [0.717, 1.165) is 6.42 Å². The third kappa shape index (κ3) is 4.55. The Morgan fingerprint density at radius 3 is 2.41 bits per heavy atom. The number of benzene rings is 2. The molecule has 3 aromatic rings. The highest BCUT2D eigenvalue weighted by Gasteiger charge is 2.13. The van der Waals surface area contributed by atoms with Gasteiger partial charge >= 0.3 is 0 Å². The van der Waals surface area contributed by atoms with E-state index in [9.17, 15) is 14.0 Å². The van der Waals surface area contributed by atoms with Crippen LogP contribution in [0.3, 0.4) is 0 Å². The molecule has 0 saturated carbocycles. The fraction of sp³-hybridized carbons (Fsp3) is 0.0952. The van der Waals surface area contributed by atoms with Gasteiger partial charge in [0.15, 0.2) is 0 Å². The van der Waals surface area contributed by atoms with Gasteiger partial charge in [0.2, 0.25) is 0 Å². The number of hydrogen-bond acceptors (Lipinski definition) is 3. The van der Waals surface area contributed by atoms with Gasteiger partial charge < -0.3 is 10.6 Å². The minimum Gasteiger partial charge on any atom is -0.322 e. The Morgan fingerprint density at radius 2 is 1.70 bits per heavy atom. The largest absolute Gasteiger partial charge is 0.322 e. The molecule has 0 saturated heterocycles. The van der Waals surface area contributed by atoms with Gasteiger partial charge in [-0.05, 0) is 48.4 Å². The molecule has 0 atom stereocenters. The van der Waals surface area contributed by atoms with Crippen LogP contribution in [-0.2, 0) is 6.42 Å². The highest BCUT2D eigenvalue weighted by molar-refractivity contribution is 6.07. The molecule has 0 unspecified atom stereocenters. The number of carbonyl (C=O) groups is 2. The molecule has 27 heavy (non-hydrogen) atoms. The van der Waals surface area contributed by atoms with Crippen molar-refractivity contribution in [3.8, 4) is 0 Å². The van der Waals surface area contributed by atoms with Gasteiger partial charge in [0, 0.05) is 17.4 Å². The van der Waals surface area contributed by atoms with Crippen molar-refractivity contribution in [3.63, 3.8) is 0 Å². The first kappa shape index (κ1) is 18.3. The topological polar surface area (TPSA) is 71.1 Å². The van der Waals surface area contributed by atoms with Crippen molar-refractivity contribution in [1.29, 1.82) is 0 Å². The molecule has 3 rings (SSSR count). The van der Waals surface area contributed by atoms with Crippen LogP contribution in [0.1, 0.15) is 33.3 Å². The van der Waals surface area contributed by atoms with Gasteiger partial charge in [-0.25, -0.2) is 4.39 Å². The van der Waals surface area contributed by atoms with Crippen molar-refractivity contribution in [2.75, 3.05) is 10.6 Å². The number of aromatic nitrogens is 1. The fourth-order valence-corrected chi connectivity index (χ4v) is 2.47. The highest BCUT2D eigenvalue weighted by Crippen LogP contribution is 2.15. The van der Waals surface area contributed by atoms with E-state index in [1.807, 2.05) is 24.3 Å². The zero-order valence-corrected chi connectivity index (χ0v) is 14.7. The van der Waals surface area contributed by atoms with Gasteiger partial charge in [-0.2, -0.15) is 0 Å². The number of pyridine rings is 1. The summed E-state index contributed by atoms with van der Waals surface area (Å²) in [5.41, 5.74) is 2.18. The van der Waals surface area contributed by atoms with Gasteiger partial charge in [0.1, 0.15) is 11.5 Å². The summed E-state index contributed by atoms with van der Waals surface area (Å²) in [6, 6.07) is 16.2. The lowest BCUT2D eigenvalue weighted by molar-refractivity contribution is 0.102. The quantitative estimate of drug-likeness (QED) is 0.710. The van der Waals surface area contributed by atoms with E-state index in [-0.39, 0.29) is 22.9 Å². The molecular formula is C21H18FN3O2. The van der Waals surface area contributed by atoms with Crippen LogP contribution >= 0.6 is 0 Å². The maximum Gasteiger partial charge on any atom is 0.274 e. The molecule has 0 bridgehead atoms. The molecule has 2 amide bonds. The Balaban J connectivity index is 1.73. The van der Waals surface area contributed by atoms with Crippen LogP contribution in [0.5, 0.6) is 0 Å². The second-order valence-corrected chi connectivity index (χ2v) is 5.87. The minimum atomic E-state index is -0.595. The normalized spacial score (nSPS) is 10.3. The summed E-state index contributed by atoms with van der Waals surface area (Å²) in [5, 5.41) is 5.22. The van der Waals surface area contributed by atoms with E-state index in [0.29, 0.717) is 5.69 Å². The number of rotatable bonds is 5. The van der Waals surface area contributed by atoms with Gasteiger partial charge in [-0.15, -0.1) is 0 Å². The predicted octanol–water partition coefficient (Wildman–Crippen LogP) is 4.29. The molecular weight excluding hydrogens is 345 g/mol. The van der Waals surface area contributed by atoms with Crippen LogP contribution < -0.4 is 10.6 Å². The van der Waals surface area contributed by atoms with Gasteiger partial charge in [0.25, 0.3) is 11.8 Å². The van der Waals surface area contributed by atoms with Gasteiger partial charge in [-0.1, -0.05) is 31.2 Å². The van der Waals surface area contributed by atoms with E-state index in [2.05, 4.69) is 22.5 Å². The predicted molar refractivity (Wildman–Crippen MR) is 102 cm³/mol. The van der Waals surface area contributed by atoms with Crippen LogP contribution in [0, 0.1) is 5.82 Å². The molecule has 136 valence electrons. The van der Waals surface area contributed by atoms with Crippen LogP contribution in [-0.4, -0.2) is 16.8 Å². The van der Waals surface area contributed by atoms with Gasteiger partial charge in [0.05, 0.1) is 5.69 Å². The smallest absolute Gasteiger partial charge is 0.274 e. The zero-order chi connectivity index (χ0) is 19.2. The molecule has 0 aliphatic carbocycles. The number of para-hydroxylation sites is 1. The third-order valence-corrected chi connectivity index (χ3v) is 4.00. The number of carbonyl (C=O) groups excluding carboxylic acids is 2. The third-order valence-electron chi connectivity index (χ3n) is 4.00. The summed E-state index contributed by atoms with van der Waals surface area (Å²) in [4.78, 5) is 28.7.